The molecule has 3 heteroatoms. The number of hydrogen-bond acceptors (Lipinski definition) is 2. The van der Waals surface area contributed by atoms with Crippen molar-refractivity contribution in [3.63, 3.8) is 0 Å². The molecular weight excluding hydrogens is 222 g/mol. The van der Waals surface area contributed by atoms with E-state index in [2.05, 4.69) is 41.2 Å². The van der Waals surface area contributed by atoms with Gasteiger partial charge >= 0.3 is 0 Å². The Morgan fingerprint density at radius 2 is 1.83 bits per heavy atom. The van der Waals surface area contributed by atoms with Crippen LogP contribution in [0.3, 0.4) is 0 Å². The van der Waals surface area contributed by atoms with Crippen molar-refractivity contribution in [2.24, 2.45) is 18.9 Å². The molecule has 0 radical (unpaired) electrons. The number of benzene rings is 1. The Balaban J connectivity index is 1.67. The number of fused-ring (bicyclic) bond motifs is 1. The van der Waals surface area contributed by atoms with Crippen LogP contribution in [0.4, 0.5) is 5.95 Å². The Kier molecular flexibility index (Phi) is 2.16. The highest BCUT2D eigenvalue weighted by molar-refractivity contribution is 5.78. The quantitative estimate of drug-likeness (QED) is 0.891. The smallest absolute Gasteiger partial charge is 0.203 e. The second-order valence-corrected chi connectivity index (χ2v) is 5.83. The summed E-state index contributed by atoms with van der Waals surface area (Å²) in [5.74, 6) is 2.84. The Morgan fingerprint density at radius 3 is 2.44 bits per heavy atom. The zero-order chi connectivity index (χ0) is 12.1. The number of para-hydroxylation sites is 2. The number of aryl methyl sites for hydroxylation is 1. The van der Waals surface area contributed by atoms with Crippen molar-refractivity contribution in [2.75, 3.05) is 5.32 Å². The van der Waals surface area contributed by atoms with Crippen molar-refractivity contribution in [1.29, 1.82) is 0 Å². The summed E-state index contributed by atoms with van der Waals surface area (Å²) in [5.41, 5.74) is 2.30. The van der Waals surface area contributed by atoms with E-state index in [-0.39, 0.29) is 0 Å². The van der Waals surface area contributed by atoms with E-state index < -0.39 is 0 Å². The number of anilines is 1. The summed E-state index contributed by atoms with van der Waals surface area (Å²) in [4.78, 5) is 4.72. The summed E-state index contributed by atoms with van der Waals surface area (Å²) in [6, 6.07) is 9.02. The van der Waals surface area contributed by atoms with E-state index >= 15 is 0 Å². The summed E-state index contributed by atoms with van der Waals surface area (Å²) in [6.45, 7) is 0. The average Bonchev–Trinajstić information content (AvgIpc) is 3.26. The van der Waals surface area contributed by atoms with Crippen molar-refractivity contribution in [1.82, 2.24) is 9.55 Å². The normalized spacial score (nSPS) is 19.7. The molecule has 2 fully saturated rings. The first-order valence-electron chi connectivity index (χ1n) is 7.01. The first-order chi connectivity index (χ1) is 8.83. The van der Waals surface area contributed by atoms with Gasteiger partial charge in [-0.3, -0.25) is 0 Å². The van der Waals surface area contributed by atoms with Gasteiger partial charge in [-0.1, -0.05) is 12.1 Å². The molecule has 0 bridgehead atoms. The SMILES string of the molecule is Cn1c(NC(C2CC2)C2CC2)nc2ccccc21. The number of imidazole rings is 1. The van der Waals surface area contributed by atoms with E-state index in [1.807, 2.05) is 0 Å². The van der Waals surface area contributed by atoms with Crippen molar-refractivity contribution in [3.8, 4) is 0 Å². The molecule has 4 rings (SSSR count). The maximum absolute atomic E-state index is 4.72. The highest BCUT2D eigenvalue weighted by atomic mass is 15.2. The number of aromatic nitrogens is 2. The van der Waals surface area contributed by atoms with Gasteiger partial charge in [0.25, 0.3) is 0 Å². The Morgan fingerprint density at radius 1 is 1.17 bits per heavy atom. The Bertz CT molecular complexity index is 566. The molecule has 2 aromatic rings. The van der Waals surface area contributed by atoms with Crippen molar-refractivity contribution >= 4 is 17.0 Å². The van der Waals surface area contributed by atoms with Crippen LogP contribution in [0.1, 0.15) is 25.7 Å². The van der Waals surface area contributed by atoms with Crippen molar-refractivity contribution in [2.45, 2.75) is 31.7 Å². The van der Waals surface area contributed by atoms with E-state index in [1.165, 1.54) is 31.2 Å². The zero-order valence-corrected chi connectivity index (χ0v) is 10.8. The largest absolute Gasteiger partial charge is 0.352 e. The van der Waals surface area contributed by atoms with Crippen LogP contribution in [0.5, 0.6) is 0 Å². The lowest BCUT2D eigenvalue weighted by atomic mass is 10.1. The molecule has 3 nitrogen and oxygen atoms in total. The topological polar surface area (TPSA) is 29.9 Å². The van der Waals surface area contributed by atoms with E-state index in [4.69, 9.17) is 4.98 Å². The number of rotatable bonds is 4. The van der Waals surface area contributed by atoms with Crippen molar-refractivity contribution in [3.05, 3.63) is 24.3 Å². The third kappa shape index (κ3) is 1.69. The van der Waals surface area contributed by atoms with Gasteiger partial charge in [-0.05, 0) is 49.7 Å². The van der Waals surface area contributed by atoms with Gasteiger partial charge in [-0.2, -0.15) is 0 Å². The predicted octanol–water partition coefficient (Wildman–Crippen LogP) is 3.17. The molecule has 2 saturated carbocycles. The number of nitrogens with one attached hydrogen (secondary N) is 1. The van der Waals surface area contributed by atoms with Gasteiger partial charge in [0, 0.05) is 13.1 Å². The van der Waals surface area contributed by atoms with E-state index in [0.29, 0.717) is 6.04 Å². The van der Waals surface area contributed by atoms with Crippen molar-refractivity contribution < 1.29 is 0 Å². The standard InChI is InChI=1S/C15H19N3/c1-18-13-5-3-2-4-12(13)16-15(18)17-14(10-6-7-10)11-8-9-11/h2-5,10-11,14H,6-9H2,1H3,(H,16,17). The summed E-state index contributed by atoms with van der Waals surface area (Å²) in [7, 11) is 2.11. The molecule has 1 N–H and O–H groups in total. The van der Waals surface area contributed by atoms with Gasteiger partial charge in [0.1, 0.15) is 0 Å². The second-order valence-electron chi connectivity index (χ2n) is 5.83. The van der Waals surface area contributed by atoms with E-state index in [0.717, 1.165) is 23.3 Å². The van der Waals surface area contributed by atoms with E-state index in [1.54, 1.807) is 0 Å². The molecule has 0 amide bonds. The molecule has 1 heterocycles. The minimum Gasteiger partial charge on any atom is -0.352 e. The van der Waals surface area contributed by atoms with Crippen LogP contribution in [0, 0.1) is 11.8 Å². The maximum atomic E-state index is 4.72. The third-order valence-electron chi connectivity index (χ3n) is 4.34. The molecule has 0 aliphatic heterocycles. The Labute approximate surface area is 107 Å². The summed E-state index contributed by atoms with van der Waals surface area (Å²) >= 11 is 0. The Hall–Kier alpha value is -1.51. The van der Waals surface area contributed by atoms with Gasteiger partial charge < -0.3 is 9.88 Å². The average molecular weight is 241 g/mol. The third-order valence-corrected chi connectivity index (χ3v) is 4.34. The highest BCUT2D eigenvalue weighted by Crippen LogP contribution is 2.45. The molecule has 2 aliphatic rings. The molecule has 94 valence electrons. The first-order valence-corrected chi connectivity index (χ1v) is 7.01. The zero-order valence-electron chi connectivity index (χ0n) is 10.8. The van der Waals surface area contributed by atoms with Gasteiger partial charge in [-0.15, -0.1) is 0 Å². The van der Waals surface area contributed by atoms with Crippen LogP contribution < -0.4 is 5.32 Å². The summed E-state index contributed by atoms with van der Waals surface area (Å²) in [6.07, 6.45) is 5.60. The molecule has 18 heavy (non-hydrogen) atoms. The van der Waals surface area contributed by atoms with Crippen LogP contribution >= 0.6 is 0 Å². The molecule has 0 spiro atoms. The highest BCUT2D eigenvalue weighted by Gasteiger charge is 2.41. The maximum Gasteiger partial charge on any atom is 0.203 e. The number of nitrogens with zero attached hydrogens (tertiary/aromatic N) is 2. The fourth-order valence-corrected chi connectivity index (χ4v) is 2.95. The monoisotopic (exact) mass is 241 g/mol. The summed E-state index contributed by atoms with van der Waals surface area (Å²) < 4.78 is 2.19. The molecule has 0 saturated heterocycles. The summed E-state index contributed by atoms with van der Waals surface area (Å²) in [5, 5.41) is 3.71. The van der Waals surface area contributed by atoms with Crippen LogP contribution in [-0.4, -0.2) is 15.6 Å². The van der Waals surface area contributed by atoms with Gasteiger partial charge in [0.15, 0.2) is 0 Å². The minimum absolute atomic E-state index is 0.667. The lowest BCUT2D eigenvalue weighted by Crippen LogP contribution is -2.25. The van der Waals surface area contributed by atoms with Crippen LogP contribution in [0.25, 0.3) is 11.0 Å². The lowest BCUT2D eigenvalue weighted by molar-refractivity contribution is 0.561. The van der Waals surface area contributed by atoms with Gasteiger partial charge in [-0.25, -0.2) is 4.98 Å². The molecular formula is C15H19N3. The molecule has 1 aromatic carbocycles. The number of hydrogen-bond donors (Lipinski definition) is 1. The van der Waals surface area contributed by atoms with Gasteiger partial charge in [0.2, 0.25) is 5.95 Å². The van der Waals surface area contributed by atoms with Crippen LogP contribution in [0.15, 0.2) is 24.3 Å². The second kappa shape index (κ2) is 3.74. The van der Waals surface area contributed by atoms with E-state index in [9.17, 15) is 0 Å². The minimum atomic E-state index is 0.667. The molecule has 0 unspecified atom stereocenters. The van der Waals surface area contributed by atoms with Gasteiger partial charge in [0.05, 0.1) is 11.0 Å². The van der Waals surface area contributed by atoms with Crippen LogP contribution in [-0.2, 0) is 7.05 Å². The molecule has 1 aromatic heterocycles. The molecule has 2 aliphatic carbocycles. The van der Waals surface area contributed by atoms with Crippen LogP contribution in [0.2, 0.25) is 0 Å². The first kappa shape index (κ1) is 10.4. The fourth-order valence-electron chi connectivity index (χ4n) is 2.95. The fraction of sp³-hybridized carbons (Fsp3) is 0.533. The lowest BCUT2D eigenvalue weighted by Gasteiger charge is -2.18. The predicted molar refractivity (Wildman–Crippen MR) is 73.6 cm³/mol. The molecule has 0 atom stereocenters.